The van der Waals surface area contributed by atoms with Crippen LogP contribution in [0.2, 0.25) is 0 Å². The number of benzene rings is 4. The Morgan fingerprint density at radius 1 is 0.676 bits per heavy atom. The average molecular weight is 542 g/mol. The van der Waals surface area contributed by atoms with Crippen molar-refractivity contribution >= 4 is 59.9 Å². The number of amides is 2. The molecule has 0 saturated carbocycles. The van der Waals surface area contributed by atoms with Crippen molar-refractivity contribution in [3.8, 4) is 0 Å². The normalized spacial score (nSPS) is 11.8. The number of rotatable bonds is 5. The van der Waals surface area contributed by atoms with Gasteiger partial charge in [-0.25, -0.2) is 4.90 Å². The van der Waals surface area contributed by atoms with Crippen LogP contribution in [0.1, 0.15) is 20.7 Å². The number of hydrogen-bond donors (Lipinski definition) is 4. The summed E-state index contributed by atoms with van der Waals surface area (Å²) in [5.74, 6) is -1.58. The van der Waals surface area contributed by atoms with Crippen molar-refractivity contribution in [2.45, 2.75) is 9.79 Å². The van der Waals surface area contributed by atoms with Crippen LogP contribution >= 0.6 is 0 Å². The van der Waals surface area contributed by atoms with Gasteiger partial charge in [0.1, 0.15) is 4.90 Å². The molecule has 0 aliphatic heterocycles. The van der Waals surface area contributed by atoms with Gasteiger partial charge < -0.3 is 11.5 Å². The number of nitrogens with zero attached hydrogens (tertiary/aromatic N) is 1. The van der Waals surface area contributed by atoms with Crippen LogP contribution in [0.5, 0.6) is 0 Å². The number of hydrogen-bond acceptors (Lipinski definition) is 8. The van der Waals surface area contributed by atoms with Crippen LogP contribution in [0.15, 0.2) is 88.7 Å². The van der Waals surface area contributed by atoms with E-state index in [2.05, 4.69) is 0 Å². The van der Waals surface area contributed by atoms with Crippen molar-refractivity contribution in [3.05, 3.63) is 90.0 Å². The maximum absolute atomic E-state index is 13.5. The summed E-state index contributed by atoms with van der Waals surface area (Å²) >= 11 is 0. The fourth-order valence-corrected chi connectivity index (χ4v) is 5.08. The van der Waals surface area contributed by atoms with Crippen LogP contribution in [-0.4, -0.2) is 37.8 Å². The number of nitrogen functional groups attached to an aromatic ring is 2. The Morgan fingerprint density at radius 3 is 1.68 bits per heavy atom. The molecule has 0 bridgehead atoms. The predicted octanol–water partition coefficient (Wildman–Crippen LogP) is 2.98. The summed E-state index contributed by atoms with van der Waals surface area (Å²) in [5, 5.41) is -0.225. The highest BCUT2D eigenvalue weighted by Crippen LogP contribution is 2.32. The molecule has 0 atom stereocenters. The third-order valence-electron chi connectivity index (χ3n) is 5.38. The van der Waals surface area contributed by atoms with Crippen molar-refractivity contribution in [2.75, 3.05) is 16.4 Å². The van der Waals surface area contributed by atoms with Gasteiger partial charge in [0.25, 0.3) is 32.1 Å². The van der Waals surface area contributed by atoms with Gasteiger partial charge in [-0.15, -0.1) is 0 Å². The van der Waals surface area contributed by atoms with Crippen LogP contribution in [0.25, 0.3) is 10.8 Å². The average Bonchev–Trinajstić information content (AvgIpc) is 2.82. The molecule has 0 radical (unpaired) electrons. The van der Waals surface area contributed by atoms with Crippen molar-refractivity contribution < 1.29 is 35.5 Å². The molecular formula is C24H19N3O8S2. The van der Waals surface area contributed by atoms with Gasteiger partial charge in [-0.2, -0.15) is 16.8 Å². The third kappa shape index (κ3) is 5.29. The minimum atomic E-state index is -4.92. The molecule has 11 nitrogen and oxygen atoms in total. The van der Waals surface area contributed by atoms with Crippen molar-refractivity contribution in [3.63, 3.8) is 0 Å². The second-order valence-corrected chi connectivity index (χ2v) is 10.8. The summed E-state index contributed by atoms with van der Waals surface area (Å²) < 4.78 is 66.5. The fourth-order valence-electron chi connectivity index (χ4n) is 3.73. The number of carbonyl (C=O) groups excluding carboxylic acids is 2. The highest BCUT2D eigenvalue weighted by molar-refractivity contribution is 7.86. The zero-order chi connectivity index (χ0) is 27.1. The van der Waals surface area contributed by atoms with Crippen molar-refractivity contribution in [2.24, 2.45) is 0 Å². The summed E-state index contributed by atoms with van der Waals surface area (Å²) in [6.45, 7) is 0. The monoisotopic (exact) mass is 541 g/mol. The molecule has 0 aliphatic carbocycles. The zero-order valence-corrected chi connectivity index (χ0v) is 20.4. The van der Waals surface area contributed by atoms with Crippen LogP contribution in [0.4, 0.5) is 17.1 Å². The molecule has 0 saturated heterocycles. The summed E-state index contributed by atoms with van der Waals surface area (Å²) in [6.07, 6.45) is 0. The largest absolute Gasteiger partial charge is 0.399 e. The molecule has 0 aliphatic rings. The lowest BCUT2D eigenvalue weighted by molar-refractivity contribution is 0.0897. The first-order valence-corrected chi connectivity index (χ1v) is 13.3. The predicted molar refractivity (Wildman–Crippen MR) is 136 cm³/mol. The zero-order valence-electron chi connectivity index (χ0n) is 18.8. The van der Waals surface area contributed by atoms with Gasteiger partial charge in [0.2, 0.25) is 0 Å². The summed E-state index contributed by atoms with van der Waals surface area (Å²) in [6, 6.07) is 16.9. The molecule has 2 amide bonds. The van der Waals surface area contributed by atoms with E-state index in [-0.39, 0.29) is 39.0 Å². The molecule has 4 aromatic rings. The first kappa shape index (κ1) is 25.8. The maximum Gasteiger partial charge on any atom is 0.295 e. The Kier molecular flexibility index (Phi) is 6.48. The van der Waals surface area contributed by atoms with Gasteiger partial charge in [-0.05, 0) is 66.0 Å². The highest BCUT2D eigenvalue weighted by atomic mass is 32.2. The molecule has 0 unspecified atom stereocenters. The lowest BCUT2D eigenvalue weighted by Gasteiger charge is -2.22. The van der Waals surface area contributed by atoms with E-state index in [1.807, 2.05) is 0 Å². The Balaban J connectivity index is 1.98. The standard InChI is InChI=1S/C24H19N3O8S2/c25-17-5-1-3-14(9-17)23(28)27(24(29)15-4-2-6-18(26)10-15)19-7-8-21-16(11-19)12-20(36(30,31)32)13-22(21)37(33,34)35/h1-13H,25-26H2,(H,30,31,32)(H,33,34,35). The molecule has 4 rings (SSSR count). The Labute approximate surface area is 211 Å². The number of anilines is 3. The van der Waals surface area contributed by atoms with Gasteiger partial charge in [0.15, 0.2) is 0 Å². The van der Waals surface area contributed by atoms with Gasteiger partial charge in [-0.1, -0.05) is 18.2 Å². The topological polar surface area (TPSA) is 198 Å². The van der Waals surface area contributed by atoms with E-state index >= 15 is 0 Å². The lowest BCUT2D eigenvalue weighted by atomic mass is 10.1. The Hall–Kier alpha value is -4.30. The molecular weight excluding hydrogens is 522 g/mol. The minimum absolute atomic E-state index is 0.0580. The molecule has 13 heteroatoms. The van der Waals surface area contributed by atoms with E-state index < -0.39 is 41.8 Å². The van der Waals surface area contributed by atoms with Crippen LogP contribution in [0, 0.1) is 0 Å². The molecule has 4 aromatic carbocycles. The number of fused-ring (bicyclic) bond motifs is 1. The molecule has 37 heavy (non-hydrogen) atoms. The third-order valence-corrected chi connectivity index (χ3v) is 7.10. The Morgan fingerprint density at radius 2 is 1.22 bits per heavy atom. The maximum atomic E-state index is 13.5. The Bertz CT molecular complexity index is 1740. The smallest absolute Gasteiger partial charge is 0.295 e. The second-order valence-electron chi connectivity index (χ2n) is 7.97. The second kappa shape index (κ2) is 9.29. The first-order chi connectivity index (χ1) is 17.3. The van der Waals surface area contributed by atoms with E-state index in [9.17, 15) is 35.5 Å². The van der Waals surface area contributed by atoms with E-state index in [0.29, 0.717) is 6.07 Å². The lowest BCUT2D eigenvalue weighted by Crippen LogP contribution is -2.37. The number of carbonyl (C=O) groups is 2. The van der Waals surface area contributed by atoms with Crippen molar-refractivity contribution in [1.82, 2.24) is 0 Å². The number of nitrogens with two attached hydrogens (primary N) is 2. The molecule has 0 aromatic heterocycles. The van der Waals surface area contributed by atoms with Gasteiger partial charge in [-0.3, -0.25) is 18.7 Å². The van der Waals surface area contributed by atoms with Crippen LogP contribution in [-0.2, 0) is 20.2 Å². The van der Waals surface area contributed by atoms with E-state index in [4.69, 9.17) is 11.5 Å². The van der Waals surface area contributed by atoms with E-state index in [1.54, 1.807) is 12.1 Å². The molecule has 0 fully saturated rings. The molecule has 0 spiro atoms. The molecule has 190 valence electrons. The molecule has 6 N–H and O–H groups in total. The minimum Gasteiger partial charge on any atom is -0.399 e. The quantitative estimate of drug-likeness (QED) is 0.165. The van der Waals surface area contributed by atoms with Gasteiger partial charge in [0.05, 0.1) is 10.6 Å². The summed E-state index contributed by atoms with van der Waals surface area (Å²) in [7, 11) is -9.81. The number of imide groups is 1. The summed E-state index contributed by atoms with van der Waals surface area (Å²) in [4.78, 5) is 26.2. The van der Waals surface area contributed by atoms with Crippen LogP contribution in [0.3, 0.4) is 0 Å². The van der Waals surface area contributed by atoms with Gasteiger partial charge >= 0.3 is 0 Å². The first-order valence-electron chi connectivity index (χ1n) is 10.4. The summed E-state index contributed by atoms with van der Waals surface area (Å²) in [5.41, 5.74) is 12.2. The van der Waals surface area contributed by atoms with Crippen LogP contribution < -0.4 is 16.4 Å². The SMILES string of the molecule is Nc1cccc(C(=O)N(C(=O)c2cccc(N)c2)c2ccc3c(S(=O)(=O)O)cc(S(=O)(=O)O)cc3c2)c1. The molecule has 0 heterocycles. The van der Waals surface area contributed by atoms with Crippen molar-refractivity contribution in [1.29, 1.82) is 0 Å². The van der Waals surface area contributed by atoms with E-state index in [1.165, 1.54) is 54.6 Å². The fraction of sp³-hybridized carbons (Fsp3) is 0. The highest BCUT2D eigenvalue weighted by Gasteiger charge is 2.28. The van der Waals surface area contributed by atoms with E-state index in [0.717, 1.165) is 11.0 Å². The van der Waals surface area contributed by atoms with Gasteiger partial charge in [0, 0.05) is 27.9 Å².